The van der Waals surface area contributed by atoms with Gasteiger partial charge in [-0.05, 0) is 17.9 Å². The van der Waals surface area contributed by atoms with Crippen molar-refractivity contribution < 1.29 is 0 Å². The minimum atomic E-state index is 0.173. The number of alkyl halides is 1. The van der Waals surface area contributed by atoms with Gasteiger partial charge >= 0.3 is 0 Å². The maximum Gasteiger partial charge on any atom is 0.0286 e. The number of benzene rings is 1. The molecule has 1 N–H and O–H groups in total. The Morgan fingerprint density at radius 2 is 1.80 bits per heavy atom. The summed E-state index contributed by atoms with van der Waals surface area (Å²) >= 11 is 5.86. The van der Waals surface area contributed by atoms with Crippen LogP contribution in [0.4, 0.5) is 0 Å². The van der Waals surface area contributed by atoms with Gasteiger partial charge in [-0.2, -0.15) is 0 Å². The van der Waals surface area contributed by atoms with Gasteiger partial charge in [-0.3, -0.25) is 0 Å². The van der Waals surface area contributed by atoms with E-state index in [0.717, 1.165) is 13.1 Å². The van der Waals surface area contributed by atoms with Crippen molar-refractivity contribution in [3.05, 3.63) is 35.4 Å². The number of aryl methyl sites for hydroxylation is 1. The van der Waals surface area contributed by atoms with Gasteiger partial charge in [0, 0.05) is 19.0 Å². The average molecular weight is 226 g/mol. The van der Waals surface area contributed by atoms with Gasteiger partial charge in [0.1, 0.15) is 0 Å². The molecule has 0 aliphatic heterocycles. The number of nitrogens with one attached hydrogen (secondary N) is 1. The van der Waals surface area contributed by atoms with Gasteiger partial charge in [0.05, 0.1) is 0 Å². The lowest BCUT2D eigenvalue weighted by molar-refractivity contribution is 0.385. The van der Waals surface area contributed by atoms with Crippen LogP contribution < -0.4 is 5.32 Å². The van der Waals surface area contributed by atoms with Gasteiger partial charge < -0.3 is 5.32 Å². The standard InChI is InChI=1S/C13H20ClN/c1-11-4-6-12(7-5-11)8-15-10-13(2,3)9-14/h4-7,15H,8-10H2,1-3H3. The summed E-state index contributed by atoms with van der Waals surface area (Å²) < 4.78 is 0. The minimum Gasteiger partial charge on any atom is -0.312 e. The normalized spacial score (nSPS) is 11.7. The molecule has 0 aromatic heterocycles. The lowest BCUT2D eigenvalue weighted by atomic mass is 9.96. The van der Waals surface area contributed by atoms with Crippen molar-refractivity contribution in [1.29, 1.82) is 0 Å². The maximum absolute atomic E-state index is 5.86. The molecule has 0 heterocycles. The molecular weight excluding hydrogens is 206 g/mol. The van der Waals surface area contributed by atoms with Crippen molar-refractivity contribution in [2.75, 3.05) is 12.4 Å². The molecule has 0 amide bonds. The fourth-order valence-corrected chi connectivity index (χ4v) is 1.39. The van der Waals surface area contributed by atoms with Crippen LogP contribution in [0.2, 0.25) is 0 Å². The summed E-state index contributed by atoms with van der Waals surface area (Å²) in [5.41, 5.74) is 2.80. The van der Waals surface area contributed by atoms with Gasteiger partial charge in [-0.25, -0.2) is 0 Å². The molecule has 1 aromatic rings. The SMILES string of the molecule is Cc1ccc(CNCC(C)(C)CCl)cc1. The van der Waals surface area contributed by atoms with Crippen molar-refractivity contribution >= 4 is 11.6 Å². The largest absolute Gasteiger partial charge is 0.312 e. The molecule has 0 saturated carbocycles. The van der Waals surface area contributed by atoms with E-state index in [4.69, 9.17) is 11.6 Å². The highest BCUT2D eigenvalue weighted by atomic mass is 35.5. The molecule has 0 aliphatic rings. The second kappa shape index (κ2) is 5.53. The van der Waals surface area contributed by atoms with Crippen LogP contribution >= 0.6 is 11.6 Å². The first kappa shape index (κ1) is 12.5. The van der Waals surface area contributed by atoms with E-state index in [9.17, 15) is 0 Å². The van der Waals surface area contributed by atoms with Crippen LogP contribution in [0.1, 0.15) is 25.0 Å². The van der Waals surface area contributed by atoms with Crippen LogP contribution in [-0.2, 0) is 6.54 Å². The van der Waals surface area contributed by atoms with E-state index < -0.39 is 0 Å². The lowest BCUT2D eigenvalue weighted by Crippen LogP contribution is -2.30. The molecule has 0 fully saturated rings. The number of hydrogen-bond acceptors (Lipinski definition) is 1. The summed E-state index contributed by atoms with van der Waals surface area (Å²) in [6.07, 6.45) is 0. The van der Waals surface area contributed by atoms with Crippen LogP contribution in [0.25, 0.3) is 0 Å². The van der Waals surface area contributed by atoms with Gasteiger partial charge in [0.2, 0.25) is 0 Å². The Morgan fingerprint density at radius 1 is 1.20 bits per heavy atom. The smallest absolute Gasteiger partial charge is 0.0286 e. The second-order valence-corrected chi connectivity index (χ2v) is 5.15. The molecule has 0 aliphatic carbocycles. The molecule has 0 bridgehead atoms. The molecule has 0 unspecified atom stereocenters. The van der Waals surface area contributed by atoms with E-state index in [2.05, 4.69) is 50.4 Å². The van der Waals surface area contributed by atoms with E-state index in [-0.39, 0.29) is 5.41 Å². The Labute approximate surface area is 97.8 Å². The minimum absolute atomic E-state index is 0.173. The van der Waals surface area contributed by atoms with E-state index in [1.165, 1.54) is 11.1 Å². The fraction of sp³-hybridized carbons (Fsp3) is 0.538. The molecule has 1 aromatic carbocycles. The van der Waals surface area contributed by atoms with Crippen LogP contribution in [0.3, 0.4) is 0 Å². The monoisotopic (exact) mass is 225 g/mol. The summed E-state index contributed by atoms with van der Waals surface area (Å²) in [6.45, 7) is 8.31. The summed E-state index contributed by atoms with van der Waals surface area (Å²) in [6, 6.07) is 8.61. The van der Waals surface area contributed by atoms with Crippen molar-refractivity contribution in [3.8, 4) is 0 Å². The molecule has 84 valence electrons. The van der Waals surface area contributed by atoms with Crippen LogP contribution in [0.15, 0.2) is 24.3 Å². The molecule has 15 heavy (non-hydrogen) atoms. The molecule has 0 spiro atoms. The molecule has 1 rings (SSSR count). The van der Waals surface area contributed by atoms with Gasteiger partial charge in [0.15, 0.2) is 0 Å². The van der Waals surface area contributed by atoms with E-state index >= 15 is 0 Å². The molecule has 0 radical (unpaired) electrons. The summed E-state index contributed by atoms with van der Waals surface area (Å²) in [5.74, 6) is 0.688. The van der Waals surface area contributed by atoms with Crippen molar-refractivity contribution in [1.82, 2.24) is 5.32 Å². The quantitative estimate of drug-likeness (QED) is 0.758. The molecule has 0 saturated heterocycles. The van der Waals surface area contributed by atoms with Crippen molar-refractivity contribution in [3.63, 3.8) is 0 Å². The average Bonchev–Trinajstić information content (AvgIpc) is 2.21. The fourth-order valence-electron chi connectivity index (χ4n) is 1.30. The molecule has 0 atom stereocenters. The first-order valence-corrected chi connectivity index (χ1v) is 5.89. The summed E-state index contributed by atoms with van der Waals surface area (Å²) in [7, 11) is 0. The number of hydrogen-bond donors (Lipinski definition) is 1. The first-order chi connectivity index (χ1) is 7.03. The highest BCUT2D eigenvalue weighted by Crippen LogP contribution is 2.15. The zero-order valence-corrected chi connectivity index (χ0v) is 10.6. The topological polar surface area (TPSA) is 12.0 Å². The summed E-state index contributed by atoms with van der Waals surface area (Å²) in [5, 5.41) is 3.43. The third-order valence-electron chi connectivity index (χ3n) is 2.42. The number of halogens is 1. The van der Waals surface area contributed by atoms with Crippen LogP contribution in [0.5, 0.6) is 0 Å². The number of rotatable bonds is 5. The highest BCUT2D eigenvalue weighted by molar-refractivity contribution is 6.18. The maximum atomic E-state index is 5.86. The third kappa shape index (κ3) is 4.67. The first-order valence-electron chi connectivity index (χ1n) is 5.36. The van der Waals surface area contributed by atoms with E-state index in [1.807, 2.05) is 0 Å². The Kier molecular flexibility index (Phi) is 4.62. The second-order valence-electron chi connectivity index (χ2n) is 4.89. The molecule has 1 nitrogen and oxygen atoms in total. The predicted molar refractivity (Wildman–Crippen MR) is 67.4 cm³/mol. The zero-order valence-electron chi connectivity index (χ0n) is 9.81. The molecular formula is C13H20ClN. The van der Waals surface area contributed by atoms with Gasteiger partial charge in [-0.1, -0.05) is 43.7 Å². The van der Waals surface area contributed by atoms with Crippen molar-refractivity contribution in [2.24, 2.45) is 5.41 Å². The van der Waals surface area contributed by atoms with Crippen LogP contribution in [-0.4, -0.2) is 12.4 Å². The Balaban J connectivity index is 2.35. The van der Waals surface area contributed by atoms with Gasteiger partial charge in [-0.15, -0.1) is 11.6 Å². The molecule has 2 heteroatoms. The lowest BCUT2D eigenvalue weighted by Gasteiger charge is -2.21. The third-order valence-corrected chi connectivity index (χ3v) is 3.14. The Morgan fingerprint density at radius 3 is 2.33 bits per heavy atom. The Bertz CT molecular complexity index is 290. The summed E-state index contributed by atoms with van der Waals surface area (Å²) in [4.78, 5) is 0. The highest BCUT2D eigenvalue weighted by Gasteiger charge is 2.14. The van der Waals surface area contributed by atoms with E-state index in [1.54, 1.807) is 0 Å². The van der Waals surface area contributed by atoms with Crippen LogP contribution in [0, 0.1) is 12.3 Å². The Hall–Kier alpha value is -0.530. The zero-order chi connectivity index (χ0) is 11.3. The van der Waals surface area contributed by atoms with E-state index in [0.29, 0.717) is 5.88 Å². The van der Waals surface area contributed by atoms with Gasteiger partial charge in [0.25, 0.3) is 0 Å². The predicted octanol–water partition coefficient (Wildman–Crippen LogP) is 3.35. The van der Waals surface area contributed by atoms with Crippen molar-refractivity contribution in [2.45, 2.75) is 27.3 Å².